The summed E-state index contributed by atoms with van der Waals surface area (Å²) in [6.07, 6.45) is 1.57. The molecule has 0 saturated heterocycles. The minimum Gasteiger partial charge on any atom is -0.239 e. The number of aryl methyl sites for hydroxylation is 1. The number of benzene rings is 2. The van der Waals surface area contributed by atoms with Crippen molar-refractivity contribution in [1.82, 2.24) is 0 Å². The van der Waals surface area contributed by atoms with Crippen molar-refractivity contribution in [3.8, 4) is 0 Å². The van der Waals surface area contributed by atoms with Crippen molar-refractivity contribution in [2.75, 3.05) is 0 Å². The van der Waals surface area contributed by atoms with Crippen LogP contribution in [0.1, 0.15) is 17.5 Å². The fourth-order valence-electron chi connectivity index (χ4n) is 2.43. The Balaban J connectivity index is 2.07. The molecule has 1 nitrogen and oxygen atoms in total. The Hall–Kier alpha value is -0.830. The summed E-state index contributed by atoms with van der Waals surface area (Å²) in [6, 6.07) is 15.9. The molecule has 1 aliphatic heterocycles. The first-order chi connectivity index (χ1) is 9.59. The van der Waals surface area contributed by atoms with E-state index in [1.807, 2.05) is 42.5 Å². The van der Waals surface area contributed by atoms with Crippen molar-refractivity contribution in [1.29, 1.82) is 0 Å². The summed E-state index contributed by atoms with van der Waals surface area (Å²) >= 11 is 16.7. The van der Waals surface area contributed by atoms with Gasteiger partial charge in [0.15, 0.2) is 0 Å². The molecule has 20 heavy (non-hydrogen) atoms. The molecule has 1 unspecified atom stereocenters. The maximum absolute atomic E-state index is 6.81. The minimum atomic E-state index is -0.742. The standard InChI is InChI=1S/C16H12BrCl2N/c17-13-6-7-14-11(10-13)8-9-16(19,15(18)20-14)12-4-2-1-3-5-12/h1-7,10H,8-9H2. The van der Waals surface area contributed by atoms with Crippen LogP contribution in [0.3, 0.4) is 0 Å². The van der Waals surface area contributed by atoms with E-state index in [0.29, 0.717) is 5.17 Å². The predicted molar refractivity (Wildman–Crippen MR) is 89.4 cm³/mol. The van der Waals surface area contributed by atoms with Crippen LogP contribution in [0.15, 0.2) is 58.0 Å². The van der Waals surface area contributed by atoms with E-state index in [2.05, 4.69) is 27.0 Å². The Kier molecular flexibility index (Phi) is 3.89. The largest absolute Gasteiger partial charge is 0.239 e. The van der Waals surface area contributed by atoms with Gasteiger partial charge in [0, 0.05) is 4.47 Å². The molecule has 0 bridgehead atoms. The molecule has 0 N–H and O–H groups in total. The summed E-state index contributed by atoms with van der Waals surface area (Å²) in [6.45, 7) is 0. The van der Waals surface area contributed by atoms with Gasteiger partial charge in [-0.25, -0.2) is 4.99 Å². The molecule has 102 valence electrons. The van der Waals surface area contributed by atoms with Crippen molar-refractivity contribution >= 4 is 50.0 Å². The van der Waals surface area contributed by atoms with Gasteiger partial charge in [0.05, 0.1) is 5.69 Å². The van der Waals surface area contributed by atoms with Crippen molar-refractivity contribution in [2.24, 2.45) is 4.99 Å². The summed E-state index contributed by atoms with van der Waals surface area (Å²) in [4.78, 5) is 3.80. The zero-order valence-electron chi connectivity index (χ0n) is 10.6. The maximum Gasteiger partial charge on any atom is 0.132 e. The Morgan fingerprint density at radius 2 is 1.85 bits per heavy atom. The summed E-state index contributed by atoms with van der Waals surface area (Å²) in [5, 5.41) is 0.437. The molecule has 1 aliphatic rings. The number of fused-ring (bicyclic) bond motifs is 1. The second-order valence-electron chi connectivity index (χ2n) is 4.84. The first-order valence-electron chi connectivity index (χ1n) is 6.37. The topological polar surface area (TPSA) is 12.4 Å². The SMILES string of the molecule is ClC1=Nc2ccc(Br)cc2CCC1(Cl)c1ccccc1. The Morgan fingerprint density at radius 1 is 1.10 bits per heavy atom. The normalized spacial score (nSPS) is 21.9. The number of hydrogen-bond acceptors (Lipinski definition) is 1. The molecular formula is C16H12BrCl2N. The summed E-state index contributed by atoms with van der Waals surface area (Å²) in [5.74, 6) is 0. The first-order valence-corrected chi connectivity index (χ1v) is 7.92. The number of nitrogens with zero attached hydrogens (tertiary/aromatic N) is 1. The van der Waals surface area contributed by atoms with Gasteiger partial charge in [-0.15, -0.1) is 11.6 Å². The molecule has 4 heteroatoms. The molecule has 0 saturated carbocycles. The molecular weight excluding hydrogens is 357 g/mol. The third-order valence-corrected chi connectivity index (χ3v) is 5.14. The van der Waals surface area contributed by atoms with Gasteiger partial charge >= 0.3 is 0 Å². The van der Waals surface area contributed by atoms with Gasteiger partial charge in [-0.05, 0) is 42.2 Å². The molecule has 3 rings (SSSR count). The number of halogens is 3. The minimum absolute atomic E-state index is 0.437. The molecule has 2 aromatic rings. The third kappa shape index (κ3) is 2.52. The lowest BCUT2D eigenvalue weighted by molar-refractivity contribution is 0.717. The molecule has 2 aromatic carbocycles. The van der Waals surface area contributed by atoms with Crippen LogP contribution < -0.4 is 0 Å². The lowest BCUT2D eigenvalue weighted by atomic mass is 9.93. The number of aliphatic imine (C=N–C) groups is 1. The zero-order valence-corrected chi connectivity index (χ0v) is 13.7. The van der Waals surface area contributed by atoms with E-state index in [4.69, 9.17) is 23.2 Å². The highest BCUT2D eigenvalue weighted by Crippen LogP contribution is 2.42. The van der Waals surface area contributed by atoms with Gasteiger partial charge < -0.3 is 0 Å². The first kappa shape index (κ1) is 14.1. The predicted octanol–water partition coefficient (Wildman–Crippen LogP) is 5.80. The lowest BCUT2D eigenvalue weighted by Crippen LogP contribution is -2.26. The second kappa shape index (κ2) is 5.51. The Morgan fingerprint density at radius 3 is 2.60 bits per heavy atom. The highest BCUT2D eigenvalue weighted by molar-refractivity contribution is 9.10. The molecule has 0 amide bonds. The van der Waals surface area contributed by atoms with E-state index in [0.717, 1.165) is 34.1 Å². The second-order valence-corrected chi connectivity index (χ2v) is 6.76. The smallest absolute Gasteiger partial charge is 0.132 e. The molecule has 0 aromatic heterocycles. The molecule has 0 radical (unpaired) electrons. The molecule has 0 fully saturated rings. The fourth-order valence-corrected chi connectivity index (χ4v) is 3.40. The van der Waals surface area contributed by atoms with Crippen LogP contribution >= 0.6 is 39.1 Å². The van der Waals surface area contributed by atoms with E-state index in [1.165, 1.54) is 0 Å². The summed E-state index contributed by atoms with van der Waals surface area (Å²) < 4.78 is 1.05. The molecule has 0 spiro atoms. The van der Waals surface area contributed by atoms with Gasteiger partial charge in [-0.2, -0.15) is 0 Å². The van der Waals surface area contributed by atoms with Gasteiger partial charge in [-0.3, -0.25) is 0 Å². The van der Waals surface area contributed by atoms with Crippen molar-refractivity contribution in [3.05, 3.63) is 64.1 Å². The molecule has 0 aliphatic carbocycles. The third-order valence-electron chi connectivity index (χ3n) is 3.56. The highest BCUT2D eigenvalue weighted by Gasteiger charge is 2.36. The monoisotopic (exact) mass is 367 g/mol. The van der Waals surface area contributed by atoms with E-state index in [-0.39, 0.29) is 0 Å². The summed E-state index contributed by atoms with van der Waals surface area (Å²) in [7, 11) is 0. The zero-order chi connectivity index (χ0) is 14.2. The van der Waals surface area contributed by atoms with Crippen molar-refractivity contribution in [2.45, 2.75) is 17.7 Å². The van der Waals surface area contributed by atoms with Gasteiger partial charge in [-0.1, -0.05) is 57.9 Å². The highest BCUT2D eigenvalue weighted by atomic mass is 79.9. The average molecular weight is 369 g/mol. The van der Waals surface area contributed by atoms with Gasteiger partial charge in [0.1, 0.15) is 10.0 Å². The van der Waals surface area contributed by atoms with Crippen molar-refractivity contribution in [3.63, 3.8) is 0 Å². The average Bonchev–Trinajstić information content (AvgIpc) is 2.59. The number of hydrogen-bond donors (Lipinski definition) is 0. The van der Waals surface area contributed by atoms with Crippen LogP contribution in [-0.4, -0.2) is 5.17 Å². The van der Waals surface area contributed by atoms with E-state index >= 15 is 0 Å². The molecule has 1 heterocycles. The van der Waals surface area contributed by atoms with Crippen LogP contribution in [0.2, 0.25) is 0 Å². The van der Waals surface area contributed by atoms with Crippen LogP contribution in [0, 0.1) is 0 Å². The summed E-state index contributed by atoms with van der Waals surface area (Å²) in [5.41, 5.74) is 3.05. The van der Waals surface area contributed by atoms with E-state index in [9.17, 15) is 0 Å². The quantitative estimate of drug-likeness (QED) is 0.564. The number of alkyl halides is 1. The van der Waals surface area contributed by atoms with E-state index in [1.54, 1.807) is 0 Å². The van der Waals surface area contributed by atoms with Crippen LogP contribution in [0.4, 0.5) is 5.69 Å². The van der Waals surface area contributed by atoms with Crippen LogP contribution in [0.5, 0.6) is 0 Å². The van der Waals surface area contributed by atoms with Crippen LogP contribution in [-0.2, 0) is 11.3 Å². The Labute approximate surface area is 136 Å². The van der Waals surface area contributed by atoms with Crippen LogP contribution in [0.25, 0.3) is 0 Å². The Bertz CT molecular complexity index is 669. The number of rotatable bonds is 1. The fraction of sp³-hybridized carbons (Fsp3) is 0.188. The van der Waals surface area contributed by atoms with Crippen molar-refractivity contribution < 1.29 is 0 Å². The maximum atomic E-state index is 6.81. The lowest BCUT2D eigenvalue weighted by Gasteiger charge is -2.24. The van der Waals surface area contributed by atoms with Gasteiger partial charge in [0.2, 0.25) is 0 Å². The van der Waals surface area contributed by atoms with E-state index < -0.39 is 4.87 Å². The van der Waals surface area contributed by atoms with Gasteiger partial charge in [0.25, 0.3) is 0 Å². The molecule has 1 atom stereocenters.